The second kappa shape index (κ2) is 4.74. The maximum atomic E-state index is 11.4. The standard InChI is InChI=1S/C13H18N2O/c1-10-3-5-14-7-12(10)9-15-6-4-13(16)11(2)8-15/h3,5,7,11H,4,6,8-9H2,1-2H3. The Morgan fingerprint density at radius 2 is 2.38 bits per heavy atom. The number of hydrogen-bond donors (Lipinski definition) is 0. The third kappa shape index (κ3) is 2.47. The highest BCUT2D eigenvalue weighted by molar-refractivity contribution is 5.81. The molecule has 0 aromatic carbocycles. The number of pyridine rings is 1. The number of rotatable bonds is 2. The first-order valence-electron chi connectivity index (χ1n) is 5.81. The molecule has 0 aliphatic carbocycles. The normalized spacial score (nSPS) is 22.4. The highest BCUT2D eigenvalue weighted by atomic mass is 16.1. The molecule has 1 unspecified atom stereocenters. The van der Waals surface area contributed by atoms with Gasteiger partial charge in [0.2, 0.25) is 0 Å². The lowest BCUT2D eigenvalue weighted by Gasteiger charge is -2.30. The van der Waals surface area contributed by atoms with E-state index in [1.54, 1.807) is 0 Å². The van der Waals surface area contributed by atoms with E-state index in [1.807, 2.05) is 25.4 Å². The van der Waals surface area contributed by atoms with Gasteiger partial charge in [-0.05, 0) is 24.1 Å². The summed E-state index contributed by atoms with van der Waals surface area (Å²) in [6, 6.07) is 2.04. The Bertz CT molecular complexity index is 389. The monoisotopic (exact) mass is 218 g/mol. The third-order valence-corrected chi connectivity index (χ3v) is 3.30. The molecular weight excluding hydrogens is 200 g/mol. The lowest BCUT2D eigenvalue weighted by Crippen LogP contribution is -2.39. The minimum atomic E-state index is 0.186. The van der Waals surface area contributed by atoms with Crippen LogP contribution in [-0.2, 0) is 11.3 Å². The Hall–Kier alpha value is -1.22. The zero-order valence-electron chi connectivity index (χ0n) is 9.94. The van der Waals surface area contributed by atoms with Crippen molar-refractivity contribution in [1.82, 2.24) is 9.88 Å². The van der Waals surface area contributed by atoms with Crippen LogP contribution in [0.5, 0.6) is 0 Å². The van der Waals surface area contributed by atoms with Gasteiger partial charge in [0.25, 0.3) is 0 Å². The molecule has 0 saturated carbocycles. The summed E-state index contributed by atoms with van der Waals surface area (Å²) in [5, 5.41) is 0. The maximum absolute atomic E-state index is 11.4. The van der Waals surface area contributed by atoms with Gasteiger partial charge in [-0.25, -0.2) is 0 Å². The Labute approximate surface area is 96.5 Å². The van der Waals surface area contributed by atoms with Crippen LogP contribution in [0.4, 0.5) is 0 Å². The molecular formula is C13H18N2O. The number of aromatic nitrogens is 1. The molecule has 86 valence electrons. The minimum Gasteiger partial charge on any atom is -0.299 e. The molecule has 1 fully saturated rings. The topological polar surface area (TPSA) is 33.2 Å². The second-order valence-corrected chi connectivity index (χ2v) is 4.65. The van der Waals surface area contributed by atoms with Crippen molar-refractivity contribution in [3.8, 4) is 0 Å². The highest BCUT2D eigenvalue weighted by Gasteiger charge is 2.23. The van der Waals surface area contributed by atoms with Crippen molar-refractivity contribution < 1.29 is 4.79 Å². The van der Waals surface area contributed by atoms with Gasteiger partial charge in [0.05, 0.1) is 0 Å². The average molecular weight is 218 g/mol. The molecule has 0 spiro atoms. The van der Waals surface area contributed by atoms with Crippen molar-refractivity contribution in [1.29, 1.82) is 0 Å². The molecule has 1 aliphatic heterocycles. The van der Waals surface area contributed by atoms with Crippen LogP contribution in [0.1, 0.15) is 24.5 Å². The first-order chi connectivity index (χ1) is 7.66. The molecule has 16 heavy (non-hydrogen) atoms. The van der Waals surface area contributed by atoms with Crippen molar-refractivity contribution in [2.24, 2.45) is 5.92 Å². The number of likely N-dealkylation sites (tertiary alicyclic amines) is 1. The van der Waals surface area contributed by atoms with Crippen LogP contribution in [0, 0.1) is 12.8 Å². The fourth-order valence-electron chi connectivity index (χ4n) is 2.14. The van der Waals surface area contributed by atoms with E-state index in [0.717, 1.165) is 19.6 Å². The molecule has 0 amide bonds. The summed E-state index contributed by atoms with van der Waals surface area (Å²) in [6.45, 7) is 6.81. The molecule has 1 saturated heterocycles. The van der Waals surface area contributed by atoms with Gasteiger partial charge in [-0.3, -0.25) is 14.7 Å². The SMILES string of the molecule is Cc1ccncc1CN1CCC(=O)C(C)C1. The van der Waals surface area contributed by atoms with Gasteiger partial charge in [0.1, 0.15) is 5.78 Å². The zero-order chi connectivity index (χ0) is 11.5. The van der Waals surface area contributed by atoms with Crippen molar-refractivity contribution >= 4 is 5.78 Å². The van der Waals surface area contributed by atoms with Gasteiger partial charge < -0.3 is 0 Å². The summed E-state index contributed by atoms with van der Waals surface area (Å²) < 4.78 is 0. The van der Waals surface area contributed by atoms with Gasteiger partial charge in [0.15, 0.2) is 0 Å². The number of carbonyl (C=O) groups is 1. The lowest BCUT2D eigenvalue weighted by molar-refractivity contribution is -0.125. The van der Waals surface area contributed by atoms with Crippen LogP contribution in [0.2, 0.25) is 0 Å². The first-order valence-corrected chi connectivity index (χ1v) is 5.81. The zero-order valence-corrected chi connectivity index (χ0v) is 9.94. The van der Waals surface area contributed by atoms with E-state index in [0.29, 0.717) is 12.2 Å². The number of piperidine rings is 1. The molecule has 0 bridgehead atoms. The molecule has 2 rings (SSSR count). The first kappa shape index (κ1) is 11.3. The van der Waals surface area contributed by atoms with E-state index >= 15 is 0 Å². The largest absolute Gasteiger partial charge is 0.299 e. The lowest BCUT2D eigenvalue weighted by atomic mass is 9.98. The molecule has 0 N–H and O–H groups in total. The predicted octanol–water partition coefficient (Wildman–Crippen LogP) is 1.80. The van der Waals surface area contributed by atoms with E-state index in [9.17, 15) is 4.79 Å². The smallest absolute Gasteiger partial charge is 0.138 e. The van der Waals surface area contributed by atoms with Crippen LogP contribution in [0.15, 0.2) is 18.5 Å². The van der Waals surface area contributed by atoms with Gasteiger partial charge in [-0.15, -0.1) is 0 Å². The van der Waals surface area contributed by atoms with Gasteiger partial charge in [-0.1, -0.05) is 6.92 Å². The van der Waals surface area contributed by atoms with Crippen LogP contribution in [-0.4, -0.2) is 28.8 Å². The van der Waals surface area contributed by atoms with Crippen LogP contribution < -0.4 is 0 Å². The molecule has 1 aromatic heterocycles. The summed E-state index contributed by atoms with van der Waals surface area (Å²) in [5.74, 6) is 0.588. The fraction of sp³-hybridized carbons (Fsp3) is 0.538. The Morgan fingerprint density at radius 3 is 3.06 bits per heavy atom. The van der Waals surface area contributed by atoms with E-state index in [1.165, 1.54) is 11.1 Å². The van der Waals surface area contributed by atoms with Crippen molar-refractivity contribution in [2.45, 2.75) is 26.8 Å². The quantitative estimate of drug-likeness (QED) is 0.759. The highest BCUT2D eigenvalue weighted by Crippen LogP contribution is 2.16. The van der Waals surface area contributed by atoms with Gasteiger partial charge in [0, 0.05) is 44.4 Å². The minimum absolute atomic E-state index is 0.186. The van der Waals surface area contributed by atoms with Crippen LogP contribution in [0.3, 0.4) is 0 Å². The van der Waals surface area contributed by atoms with E-state index in [-0.39, 0.29) is 5.92 Å². The van der Waals surface area contributed by atoms with Crippen LogP contribution >= 0.6 is 0 Å². The fourth-order valence-corrected chi connectivity index (χ4v) is 2.14. The van der Waals surface area contributed by atoms with Gasteiger partial charge >= 0.3 is 0 Å². The summed E-state index contributed by atoms with van der Waals surface area (Å²) >= 11 is 0. The second-order valence-electron chi connectivity index (χ2n) is 4.65. The number of aryl methyl sites for hydroxylation is 1. The van der Waals surface area contributed by atoms with Crippen LogP contribution in [0.25, 0.3) is 0 Å². The van der Waals surface area contributed by atoms with E-state index < -0.39 is 0 Å². The number of nitrogens with zero attached hydrogens (tertiary/aromatic N) is 2. The summed E-state index contributed by atoms with van der Waals surface area (Å²) in [4.78, 5) is 17.9. The predicted molar refractivity (Wildman–Crippen MR) is 63.0 cm³/mol. The molecule has 3 heteroatoms. The van der Waals surface area contributed by atoms with E-state index in [2.05, 4.69) is 16.8 Å². The van der Waals surface area contributed by atoms with Gasteiger partial charge in [-0.2, -0.15) is 0 Å². The molecule has 2 heterocycles. The Morgan fingerprint density at radius 1 is 1.56 bits per heavy atom. The third-order valence-electron chi connectivity index (χ3n) is 3.30. The number of carbonyl (C=O) groups excluding carboxylic acids is 1. The molecule has 1 atom stereocenters. The number of hydrogen-bond acceptors (Lipinski definition) is 3. The molecule has 1 aromatic rings. The Balaban J connectivity index is 2.01. The van der Waals surface area contributed by atoms with E-state index in [4.69, 9.17) is 0 Å². The van der Waals surface area contributed by atoms with Crippen molar-refractivity contribution in [2.75, 3.05) is 13.1 Å². The molecule has 3 nitrogen and oxygen atoms in total. The summed E-state index contributed by atoms with van der Waals surface area (Å²) in [7, 11) is 0. The molecule has 0 radical (unpaired) electrons. The number of Topliss-reactive ketones (excluding diaryl/α,β-unsaturated/α-hetero) is 1. The van der Waals surface area contributed by atoms with Crippen molar-refractivity contribution in [3.63, 3.8) is 0 Å². The number of ketones is 1. The average Bonchev–Trinajstić information content (AvgIpc) is 2.27. The summed E-state index contributed by atoms with van der Waals surface area (Å²) in [5.41, 5.74) is 2.55. The maximum Gasteiger partial charge on any atom is 0.138 e. The van der Waals surface area contributed by atoms with Crippen molar-refractivity contribution in [3.05, 3.63) is 29.6 Å². The summed E-state index contributed by atoms with van der Waals surface area (Å²) in [6.07, 6.45) is 4.44. The molecule has 1 aliphatic rings. The Kier molecular flexibility index (Phi) is 3.34.